The smallest absolute Gasteiger partial charge is 0.341 e. The third-order valence-electron chi connectivity index (χ3n) is 4.04. The Balaban J connectivity index is 1.90. The summed E-state index contributed by atoms with van der Waals surface area (Å²) < 4.78 is 5.00. The van der Waals surface area contributed by atoms with E-state index in [9.17, 15) is 29.3 Å². The molecule has 158 valence electrons. The van der Waals surface area contributed by atoms with Crippen LogP contribution in [-0.4, -0.2) is 40.5 Å². The summed E-state index contributed by atoms with van der Waals surface area (Å²) in [7, 11) is 0. The topological polar surface area (TPSA) is 156 Å². The molecule has 31 heavy (non-hydrogen) atoms. The van der Waals surface area contributed by atoms with Crippen molar-refractivity contribution in [3.63, 3.8) is 0 Å². The van der Waals surface area contributed by atoms with Gasteiger partial charge in [0.25, 0.3) is 17.5 Å². The zero-order chi connectivity index (χ0) is 22.7. The number of hydrogen-bond acceptors (Lipinski definition) is 7. The van der Waals surface area contributed by atoms with Gasteiger partial charge in [-0.05, 0) is 35.9 Å². The second kappa shape index (κ2) is 8.63. The van der Waals surface area contributed by atoms with Crippen LogP contribution in [0.1, 0.15) is 5.56 Å². The number of anilines is 1. The molecular formula is C19H12ClN3O8. The second-order valence-electron chi connectivity index (χ2n) is 6.10. The summed E-state index contributed by atoms with van der Waals surface area (Å²) in [5.74, 6) is -2.98. The molecular weight excluding hydrogens is 434 g/mol. The van der Waals surface area contributed by atoms with Crippen LogP contribution in [0, 0.1) is 10.1 Å². The molecule has 11 nitrogen and oxygen atoms in total. The molecule has 0 unspecified atom stereocenters. The number of ether oxygens (including phenoxy) is 1. The van der Waals surface area contributed by atoms with E-state index in [4.69, 9.17) is 21.4 Å². The summed E-state index contributed by atoms with van der Waals surface area (Å²) in [6, 6.07) is 7.78. The number of imide groups is 2. The lowest BCUT2D eigenvalue weighted by molar-refractivity contribution is -0.384. The first-order valence-corrected chi connectivity index (χ1v) is 8.85. The molecule has 0 aromatic heterocycles. The standard InChI is InChI=1S/C19H12ClN3O8/c20-14-8-10(1-6-15(14)31-9-16(24)25)7-13-17(26)21-19(28)22(18(13)27)11-2-4-12(5-3-11)23(29)30/h1-8H,9H2,(H,24,25)(H,21,26,28)/b13-7+. The maximum Gasteiger partial charge on any atom is 0.341 e. The number of carboxylic acids is 1. The maximum absolute atomic E-state index is 12.8. The molecule has 2 aromatic carbocycles. The number of nitro groups is 1. The zero-order valence-electron chi connectivity index (χ0n) is 15.4. The third kappa shape index (κ3) is 4.67. The number of carbonyl (C=O) groups excluding carboxylic acids is 3. The highest BCUT2D eigenvalue weighted by atomic mass is 35.5. The van der Waals surface area contributed by atoms with Crippen LogP contribution < -0.4 is 15.0 Å². The van der Waals surface area contributed by atoms with E-state index < -0.39 is 35.3 Å². The van der Waals surface area contributed by atoms with Crippen LogP contribution >= 0.6 is 11.6 Å². The van der Waals surface area contributed by atoms with E-state index in [0.29, 0.717) is 10.5 Å². The van der Waals surface area contributed by atoms with E-state index >= 15 is 0 Å². The van der Waals surface area contributed by atoms with E-state index in [-0.39, 0.29) is 27.7 Å². The van der Waals surface area contributed by atoms with E-state index in [1.807, 2.05) is 5.32 Å². The van der Waals surface area contributed by atoms with Crippen molar-refractivity contribution < 1.29 is 33.9 Å². The number of nitro benzene ring substituents is 1. The van der Waals surface area contributed by atoms with Gasteiger partial charge in [0, 0.05) is 12.1 Å². The zero-order valence-corrected chi connectivity index (χ0v) is 16.2. The van der Waals surface area contributed by atoms with Gasteiger partial charge < -0.3 is 9.84 Å². The number of nitrogens with zero attached hydrogens (tertiary/aromatic N) is 2. The number of aliphatic carboxylic acids is 1. The average molecular weight is 446 g/mol. The Morgan fingerprint density at radius 2 is 1.87 bits per heavy atom. The summed E-state index contributed by atoms with van der Waals surface area (Å²) in [5.41, 5.74) is -0.278. The van der Waals surface area contributed by atoms with Crippen LogP contribution in [0.4, 0.5) is 16.2 Å². The summed E-state index contributed by atoms with van der Waals surface area (Å²) in [4.78, 5) is 58.6. The molecule has 2 aromatic rings. The first-order valence-electron chi connectivity index (χ1n) is 8.47. The normalized spacial score (nSPS) is 15.1. The van der Waals surface area contributed by atoms with Crippen LogP contribution in [-0.2, 0) is 14.4 Å². The molecule has 2 N–H and O–H groups in total. The molecule has 0 spiro atoms. The van der Waals surface area contributed by atoms with Gasteiger partial charge >= 0.3 is 12.0 Å². The highest BCUT2D eigenvalue weighted by Crippen LogP contribution is 2.28. The number of nitrogens with one attached hydrogen (secondary N) is 1. The fourth-order valence-corrected chi connectivity index (χ4v) is 2.89. The predicted octanol–water partition coefficient (Wildman–Crippen LogP) is 2.38. The number of urea groups is 1. The molecule has 4 amide bonds. The molecule has 1 heterocycles. The van der Waals surface area contributed by atoms with Crippen molar-refractivity contribution in [2.75, 3.05) is 11.5 Å². The van der Waals surface area contributed by atoms with Gasteiger partial charge in [0.15, 0.2) is 6.61 Å². The lowest BCUT2D eigenvalue weighted by Gasteiger charge is -2.26. The minimum atomic E-state index is -1.19. The predicted molar refractivity (Wildman–Crippen MR) is 107 cm³/mol. The number of carboxylic acid groups (broad SMARTS) is 1. The molecule has 1 aliphatic rings. The summed E-state index contributed by atoms with van der Waals surface area (Å²) in [5, 5.41) is 21.5. The highest BCUT2D eigenvalue weighted by Gasteiger charge is 2.37. The van der Waals surface area contributed by atoms with Crippen LogP contribution in [0.3, 0.4) is 0 Å². The van der Waals surface area contributed by atoms with Crippen molar-refractivity contribution in [3.8, 4) is 5.75 Å². The lowest BCUT2D eigenvalue weighted by Crippen LogP contribution is -2.54. The molecule has 1 saturated heterocycles. The van der Waals surface area contributed by atoms with Crippen LogP contribution in [0.5, 0.6) is 5.75 Å². The molecule has 12 heteroatoms. The largest absolute Gasteiger partial charge is 0.480 e. The first-order chi connectivity index (χ1) is 14.7. The Labute approximate surface area is 178 Å². The van der Waals surface area contributed by atoms with Crippen LogP contribution in [0.2, 0.25) is 5.02 Å². The van der Waals surface area contributed by atoms with Crippen molar-refractivity contribution in [1.29, 1.82) is 0 Å². The molecule has 0 saturated carbocycles. The summed E-state index contributed by atoms with van der Waals surface area (Å²) >= 11 is 6.04. The van der Waals surface area contributed by atoms with Crippen molar-refractivity contribution in [2.45, 2.75) is 0 Å². The monoisotopic (exact) mass is 445 g/mol. The number of barbiturate groups is 1. The Kier molecular flexibility index (Phi) is 5.97. The average Bonchev–Trinajstić information content (AvgIpc) is 2.70. The van der Waals surface area contributed by atoms with Gasteiger partial charge in [0.1, 0.15) is 11.3 Å². The Morgan fingerprint density at radius 1 is 1.19 bits per heavy atom. The molecule has 3 rings (SSSR count). The Morgan fingerprint density at radius 3 is 2.45 bits per heavy atom. The molecule has 0 aliphatic carbocycles. The molecule has 0 atom stereocenters. The van der Waals surface area contributed by atoms with Crippen LogP contribution in [0.15, 0.2) is 48.0 Å². The Hall–Kier alpha value is -4.25. The van der Waals surface area contributed by atoms with Gasteiger partial charge in [-0.1, -0.05) is 17.7 Å². The molecule has 1 fully saturated rings. The van der Waals surface area contributed by atoms with Gasteiger partial charge in [0.05, 0.1) is 15.6 Å². The third-order valence-corrected chi connectivity index (χ3v) is 4.33. The highest BCUT2D eigenvalue weighted by molar-refractivity contribution is 6.39. The van der Waals surface area contributed by atoms with E-state index in [0.717, 1.165) is 12.1 Å². The van der Waals surface area contributed by atoms with Gasteiger partial charge in [-0.25, -0.2) is 14.5 Å². The van der Waals surface area contributed by atoms with Crippen molar-refractivity contribution >= 4 is 52.9 Å². The fraction of sp³-hybridized carbons (Fsp3) is 0.0526. The van der Waals surface area contributed by atoms with Crippen molar-refractivity contribution in [2.24, 2.45) is 0 Å². The number of halogens is 1. The number of rotatable bonds is 6. The van der Waals surface area contributed by atoms with Gasteiger partial charge in [-0.2, -0.15) is 0 Å². The van der Waals surface area contributed by atoms with E-state index in [2.05, 4.69) is 0 Å². The number of hydrogen-bond donors (Lipinski definition) is 2. The SMILES string of the molecule is O=C(O)COc1ccc(/C=C2\C(=O)NC(=O)N(c3ccc([N+](=O)[O-])cc3)C2=O)cc1Cl. The summed E-state index contributed by atoms with van der Waals surface area (Å²) in [6.45, 7) is -0.604. The van der Waals surface area contributed by atoms with Crippen molar-refractivity contribution in [1.82, 2.24) is 5.32 Å². The number of non-ortho nitro benzene ring substituents is 1. The van der Waals surface area contributed by atoms with Gasteiger partial charge in [0.2, 0.25) is 0 Å². The number of carbonyl (C=O) groups is 4. The van der Waals surface area contributed by atoms with Gasteiger partial charge in [-0.15, -0.1) is 0 Å². The molecule has 0 radical (unpaired) electrons. The number of benzene rings is 2. The fourth-order valence-electron chi connectivity index (χ4n) is 2.65. The quantitative estimate of drug-likeness (QED) is 0.297. The maximum atomic E-state index is 12.8. The Bertz CT molecular complexity index is 1140. The first kappa shape index (κ1) is 21.5. The minimum absolute atomic E-state index is 0.0296. The van der Waals surface area contributed by atoms with Crippen molar-refractivity contribution in [3.05, 3.63) is 68.7 Å². The van der Waals surface area contributed by atoms with E-state index in [1.165, 1.54) is 36.4 Å². The van der Waals surface area contributed by atoms with Crippen LogP contribution in [0.25, 0.3) is 6.08 Å². The van der Waals surface area contributed by atoms with E-state index in [1.54, 1.807) is 0 Å². The molecule has 0 bridgehead atoms. The number of amides is 4. The lowest BCUT2D eigenvalue weighted by atomic mass is 10.1. The summed E-state index contributed by atoms with van der Waals surface area (Å²) in [6.07, 6.45) is 1.19. The second-order valence-corrected chi connectivity index (χ2v) is 6.51. The van der Waals surface area contributed by atoms with Gasteiger partial charge in [-0.3, -0.25) is 25.0 Å². The molecule has 1 aliphatic heterocycles. The minimum Gasteiger partial charge on any atom is -0.480 e.